The fraction of sp³-hybridized carbons (Fsp3) is 1.00. The molecule has 11 heavy (non-hydrogen) atoms. The average molecular weight is 154 g/mol. The highest BCUT2D eigenvalue weighted by Crippen LogP contribution is 2.47. The molecule has 0 radical (unpaired) electrons. The van der Waals surface area contributed by atoms with E-state index in [1.54, 1.807) is 0 Å². The molecular weight excluding hydrogens is 132 g/mol. The first-order chi connectivity index (χ1) is 5.10. The molecule has 66 valence electrons. The van der Waals surface area contributed by atoms with Crippen molar-refractivity contribution in [3.63, 3.8) is 0 Å². The van der Waals surface area contributed by atoms with Crippen molar-refractivity contribution in [1.29, 1.82) is 0 Å². The van der Waals surface area contributed by atoms with E-state index in [1.807, 2.05) is 0 Å². The van der Waals surface area contributed by atoms with Crippen LogP contribution in [0, 0.1) is 17.3 Å². The molecule has 0 aromatic carbocycles. The third-order valence-corrected chi connectivity index (χ3v) is 3.83. The van der Waals surface area contributed by atoms with Gasteiger partial charge in [-0.1, -0.05) is 40.5 Å². The number of hydrogen-bond donors (Lipinski definition) is 0. The molecule has 0 saturated heterocycles. The Kier molecular flexibility index (Phi) is 2.61. The van der Waals surface area contributed by atoms with E-state index in [1.165, 1.54) is 25.7 Å². The molecule has 0 nitrogen and oxygen atoms in total. The van der Waals surface area contributed by atoms with Crippen LogP contribution in [-0.2, 0) is 0 Å². The van der Waals surface area contributed by atoms with Gasteiger partial charge in [0.15, 0.2) is 0 Å². The lowest BCUT2D eigenvalue weighted by Crippen LogP contribution is -2.35. The Bertz CT molecular complexity index is 118. The lowest BCUT2D eigenvalue weighted by atomic mass is 9.61. The molecule has 0 heteroatoms. The molecule has 1 aliphatic carbocycles. The maximum atomic E-state index is 2.42. The summed E-state index contributed by atoms with van der Waals surface area (Å²) < 4.78 is 0. The van der Waals surface area contributed by atoms with Gasteiger partial charge in [0, 0.05) is 0 Å². The van der Waals surface area contributed by atoms with Crippen LogP contribution in [0.25, 0.3) is 0 Å². The van der Waals surface area contributed by atoms with Gasteiger partial charge in [-0.25, -0.2) is 0 Å². The zero-order chi connectivity index (χ0) is 8.48. The molecule has 0 heterocycles. The summed E-state index contributed by atoms with van der Waals surface area (Å²) in [5.41, 5.74) is 0.617. The van der Waals surface area contributed by atoms with Crippen LogP contribution in [-0.4, -0.2) is 0 Å². The summed E-state index contributed by atoms with van der Waals surface area (Å²) in [5.74, 6) is 2.09. The van der Waals surface area contributed by atoms with E-state index in [4.69, 9.17) is 0 Å². The fourth-order valence-electron chi connectivity index (χ4n) is 2.00. The highest BCUT2D eigenvalue weighted by Gasteiger charge is 2.37. The van der Waals surface area contributed by atoms with Crippen molar-refractivity contribution in [3.8, 4) is 0 Å². The zero-order valence-corrected chi connectivity index (χ0v) is 8.48. The Hall–Kier alpha value is 0. The van der Waals surface area contributed by atoms with Crippen LogP contribution in [0.2, 0.25) is 0 Å². The summed E-state index contributed by atoms with van der Waals surface area (Å²) in [4.78, 5) is 0. The smallest absolute Gasteiger partial charge is 0.0328 e. The predicted octanol–water partition coefficient (Wildman–Crippen LogP) is 3.86. The van der Waals surface area contributed by atoms with Gasteiger partial charge in [0.1, 0.15) is 0 Å². The molecule has 0 unspecified atom stereocenters. The van der Waals surface area contributed by atoms with Crippen LogP contribution in [0.15, 0.2) is 0 Å². The normalized spacial score (nSPS) is 31.6. The monoisotopic (exact) mass is 154 g/mol. The second kappa shape index (κ2) is 3.16. The van der Waals surface area contributed by atoms with Crippen molar-refractivity contribution in [2.24, 2.45) is 17.3 Å². The third kappa shape index (κ3) is 1.77. The van der Waals surface area contributed by atoms with Crippen LogP contribution >= 0.6 is 0 Å². The summed E-state index contributed by atoms with van der Waals surface area (Å²) in [6.45, 7) is 9.48. The molecule has 1 fully saturated rings. The van der Waals surface area contributed by atoms with Gasteiger partial charge in [0.25, 0.3) is 0 Å². The molecule has 0 bridgehead atoms. The third-order valence-electron chi connectivity index (χ3n) is 3.83. The Morgan fingerprint density at radius 2 is 1.73 bits per heavy atom. The molecule has 0 spiro atoms. The summed E-state index contributed by atoms with van der Waals surface area (Å²) >= 11 is 0. The van der Waals surface area contributed by atoms with Gasteiger partial charge >= 0.3 is 0 Å². The second-order valence-corrected chi connectivity index (χ2v) is 4.78. The maximum Gasteiger partial charge on any atom is -0.0328 e. The quantitative estimate of drug-likeness (QED) is 0.579. The lowest BCUT2D eigenvalue weighted by molar-refractivity contribution is 0.0573. The SMILES string of the molecule is CCC1CC(C(C)(C)CC)C1. The van der Waals surface area contributed by atoms with Crippen molar-refractivity contribution >= 4 is 0 Å². The molecule has 0 N–H and O–H groups in total. The van der Waals surface area contributed by atoms with Gasteiger partial charge in [-0.15, -0.1) is 0 Å². The van der Waals surface area contributed by atoms with Crippen LogP contribution in [0.5, 0.6) is 0 Å². The van der Waals surface area contributed by atoms with Gasteiger partial charge in [-0.2, -0.15) is 0 Å². The van der Waals surface area contributed by atoms with Crippen LogP contribution < -0.4 is 0 Å². The van der Waals surface area contributed by atoms with Crippen molar-refractivity contribution in [2.45, 2.75) is 53.4 Å². The Balaban J connectivity index is 2.31. The minimum atomic E-state index is 0.617. The summed E-state index contributed by atoms with van der Waals surface area (Å²) in [6, 6.07) is 0. The van der Waals surface area contributed by atoms with Crippen LogP contribution in [0.4, 0.5) is 0 Å². The average Bonchev–Trinajstić information content (AvgIpc) is 1.85. The molecule has 0 aromatic rings. The summed E-state index contributed by atoms with van der Waals surface area (Å²) in [7, 11) is 0. The molecule has 1 aliphatic rings. The summed E-state index contributed by atoms with van der Waals surface area (Å²) in [6.07, 6.45) is 5.74. The van der Waals surface area contributed by atoms with E-state index in [0.717, 1.165) is 11.8 Å². The first-order valence-electron chi connectivity index (χ1n) is 5.10. The van der Waals surface area contributed by atoms with Crippen molar-refractivity contribution in [3.05, 3.63) is 0 Å². The van der Waals surface area contributed by atoms with E-state index >= 15 is 0 Å². The maximum absolute atomic E-state index is 2.42. The topological polar surface area (TPSA) is 0 Å². The van der Waals surface area contributed by atoms with E-state index < -0.39 is 0 Å². The minimum absolute atomic E-state index is 0.617. The largest absolute Gasteiger partial charge is 0.0651 e. The molecule has 1 rings (SSSR count). The predicted molar refractivity (Wildman–Crippen MR) is 50.6 cm³/mol. The van der Waals surface area contributed by atoms with Crippen molar-refractivity contribution in [2.75, 3.05) is 0 Å². The molecule has 1 saturated carbocycles. The van der Waals surface area contributed by atoms with E-state index in [-0.39, 0.29) is 0 Å². The Morgan fingerprint density at radius 1 is 1.18 bits per heavy atom. The van der Waals surface area contributed by atoms with Gasteiger partial charge in [0.05, 0.1) is 0 Å². The van der Waals surface area contributed by atoms with E-state index in [0.29, 0.717) is 5.41 Å². The van der Waals surface area contributed by atoms with Crippen LogP contribution in [0.1, 0.15) is 53.4 Å². The molecular formula is C11H22. The first kappa shape index (κ1) is 9.09. The highest BCUT2D eigenvalue weighted by atomic mass is 14.4. The van der Waals surface area contributed by atoms with Gasteiger partial charge in [0.2, 0.25) is 0 Å². The standard InChI is InChI=1S/C11H22/c1-5-9-7-10(8-9)11(3,4)6-2/h9-10H,5-8H2,1-4H3. The number of rotatable bonds is 3. The highest BCUT2D eigenvalue weighted by molar-refractivity contribution is 4.88. The van der Waals surface area contributed by atoms with E-state index in [2.05, 4.69) is 27.7 Å². The van der Waals surface area contributed by atoms with Gasteiger partial charge in [-0.05, 0) is 30.1 Å². The van der Waals surface area contributed by atoms with E-state index in [9.17, 15) is 0 Å². The molecule has 0 atom stereocenters. The zero-order valence-electron chi connectivity index (χ0n) is 8.48. The Labute approximate surface area is 71.4 Å². The van der Waals surface area contributed by atoms with Crippen LogP contribution in [0.3, 0.4) is 0 Å². The minimum Gasteiger partial charge on any atom is -0.0651 e. The second-order valence-electron chi connectivity index (χ2n) is 4.78. The Morgan fingerprint density at radius 3 is 2.09 bits per heavy atom. The molecule has 0 amide bonds. The molecule has 0 aromatic heterocycles. The van der Waals surface area contributed by atoms with Crippen molar-refractivity contribution in [1.82, 2.24) is 0 Å². The fourth-order valence-corrected chi connectivity index (χ4v) is 2.00. The first-order valence-corrected chi connectivity index (χ1v) is 5.10. The van der Waals surface area contributed by atoms with Gasteiger partial charge < -0.3 is 0 Å². The number of hydrogen-bond acceptors (Lipinski definition) is 0. The summed E-state index contributed by atoms with van der Waals surface area (Å²) in [5, 5.41) is 0. The molecule has 0 aliphatic heterocycles. The van der Waals surface area contributed by atoms with Crippen molar-refractivity contribution < 1.29 is 0 Å². The van der Waals surface area contributed by atoms with Gasteiger partial charge in [-0.3, -0.25) is 0 Å². The lowest BCUT2D eigenvalue weighted by Gasteiger charge is -2.45.